The van der Waals surface area contributed by atoms with Crippen LogP contribution >= 0.6 is 0 Å². The molecule has 0 bridgehead atoms. The third-order valence-corrected chi connectivity index (χ3v) is 6.32. The van der Waals surface area contributed by atoms with E-state index in [1.807, 2.05) is 51.1 Å². The zero-order valence-electron chi connectivity index (χ0n) is 19.4. The van der Waals surface area contributed by atoms with E-state index in [4.69, 9.17) is 4.74 Å². The Morgan fingerprint density at radius 3 is 2.58 bits per heavy atom. The van der Waals surface area contributed by atoms with Crippen molar-refractivity contribution in [2.45, 2.75) is 39.8 Å². The van der Waals surface area contributed by atoms with Gasteiger partial charge in [-0.3, -0.25) is 9.59 Å². The second-order valence-corrected chi connectivity index (χ2v) is 8.85. The summed E-state index contributed by atoms with van der Waals surface area (Å²) in [6.07, 6.45) is 0.680. The highest BCUT2D eigenvalue weighted by molar-refractivity contribution is 5.99. The number of nitrogens with zero attached hydrogens (tertiary/aromatic N) is 1. The van der Waals surface area contributed by atoms with E-state index in [0.29, 0.717) is 30.6 Å². The van der Waals surface area contributed by atoms with Crippen LogP contribution < -0.4 is 5.32 Å². The fourth-order valence-corrected chi connectivity index (χ4v) is 4.40. The summed E-state index contributed by atoms with van der Waals surface area (Å²) in [6.45, 7) is 6.73. The van der Waals surface area contributed by atoms with Gasteiger partial charge < -0.3 is 19.9 Å². The van der Waals surface area contributed by atoms with Crippen LogP contribution in [0.2, 0.25) is 0 Å². The maximum absolute atomic E-state index is 13.5. The van der Waals surface area contributed by atoms with Gasteiger partial charge in [-0.05, 0) is 42.7 Å². The van der Waals surface area contributed by atoms with Gasteiger partial charge >= 0.3 is 5.97 Å². The average Bonchev–Trinajstić information content (AvgIpc) is 3.18. The van der Waals surface area contributed by atoms with Crippen molar-refractivity contribution >= 4 is 28.7 Å². The summed E-state index contributed by atoms with van der Waals surface area (Å²) in [5.41, 5.74) is 4.91. The van der Waals surface area contributed by atoms with E-state index in [0.717, 1.165) is 27.7 Å². The number of carbonyl (C=O) groups excluding carboxylic acids is 3. The van der Waals surface area contributed by atoms with Crippen molar-refractivity contribution < 1.29 is 19.1 Å². The van der Waals surface area contributed by atoms with Crippen molar-refractivity contribution in [2.24, 2.45) is 5.92 Å². The van der Waals surface area contributed by atoms with Gasteiger partial charge in [0.15, 0.2) is 0 Å². The van der Waals surface area contributed by atoms with Crippen LogP contribution in [0, 0.1) is 12.8 Å². The second kappa shape index (κ2) is 9.10. The molecule has 1 atom stereocenters. The molecule has 0 saturated heterocycles. The molecule has 2 heterocycles. The van der Waals surface area contributed by atoms with E-state index in [1.54, 1.807) is 17.0 Å². The van der Waals surface area contributed by atoms with Crippen LogP contribution in [0.15, 0.2) is 42.5 Å². The van der Waals surface area contributed by atoms with E-state index < -0.39 is 12.0 Å². The number of H-pyrrole nitrogens is 1. The molecule has 1 aliphatic heterocycles. The average molecular weight is 448 g/mol. The second-order valence-electron chi connectivity index (χ2n) is 8.85. The summed E-state index contributed by atoms with van der Waals surface area (Å²) in [5, 5.41) is 3.87. The molecule has 1 aliphatic rings. The lowest BCUT2D eigenvalue weighted by Gasteiger charge is -2.32. The lowest BCUT2D eigenvalue weighted by atomic mass is 9.98. The predicted octanol–water partition coefficient (Wildman–Crippen LogP) is 3.60. The predicted molar refractivity (Wildman–Crippen MR) is 126 cm³/mol. The normalized spacial score (nSPS) is 14.2. The number of aryl methyl sites for hydroxylation is 1. The van der Waals surface area contributed by atoms with E-state index in [1.165, 1.54) is 7.11 Å². The van der Waals surface area contributed by atoms with Crippen molar-refractivity contribution in [3.8, 4) is 0 Å². The molecule has 33 heavy (non-hydrogen) atoms. The van der Waals surface area contributed by atoms with Crippen molar-refractivity contribution in [2.75, 3.05) is 13.7 Å². The summed E-state index contributed by atoms with van der Waals surface area (Å²) in [5.74, 6) is -0.807. The largest absolute Gasteiger partial charge is 0.465 e. The van der Waals surface area contributed by atoms with Gasteiger partial charge in [-0.25, -0.2) is 4.79 Å². The molecular weight excluding hydrogens is 418 g/mol. The Hall–Kier alpha value is -3.61. The van der Waals surface area contributed by atoms with Gasteiger partial charge in [0, 0.05) is 47.2 Å². The monoisotopic (exact) mass is 447 g/mol. The van der Waals surface area contributed by atoms with Gasteiger partial charge in [-0.1, -0.05) is 32.0 Å². The number of methoxy groups -OCH3 is 1. The first-order valence-electron chi connectivity index (χ1n) is 11.2. The third-order valence-electron chi connectivity index (χ3n) is 6.32. The van der Waals surface area contributed by atoms with Crippen molar-refractivity contribution in [1.82, 2.24) is 15.2 Å². The summed E-state index contributed by atoms with van der Waals surface area (Å²) in [6, 6.07) is 12.1. The van der Waals surface area contributed by atoms with Gasteiger partial charge in [0.2, 0.25) is 5.91 Å². The number of rotatable bonds is 5. The standard InChI is InChI=1S/C26H29N3O4/c1-15(2)23(28-24(30)18-8-6-5-7-16(18)3)25(31)29-12-11-22-20(14-29)19-13-17(26(32)33-4)9-10-21(19)27-22/h5-10,13,15,23,27H,11-12,14H2,1-4H3,(H,28,30). The highest BCUT2D eigenvalue weighted by Crippen LogP contribution is 2.29. The zero-order chi connectivity index (χ0) is 23.7. The number of aromatic amines is 1. The summed E-state index contributed by atoms with van der Waals surface area (Å²) < 4.78 is 4.85. The van der Waals surface area contributed by atoms with Crippen molar-refractivity contribution in [1.29, 1.82) is 0 Å². The fraction of sp³-hybridized carbons (Fsp3) is 0.346. The topological polar surface area (TPSA) is 91.5 Å². The molecule has 2 aromatic carbocycles. The van der Waals surface area contributed by atoms with Crippen LogP contribution in [0.4, 0.5) is 0 Å². The quantitative estimate of drug-likeness (QED) is 0.585. The van der Waals surface area contributed by atoms with Crippen molar-refractivity contribution in [3.05, 3.63) is 70.4 Å². The Morgan fingerprint density at radius 1 is 1.12 bits per heavy atom. The molecule has 0 aliphatic carbocycles. The van der Waals surface area contributed by atoms with Crippen LogP contribution in [-0.4, -0.2) is 47.4 Å². The number of benzene rings is 2. The zero-order valence-corrected chi connectivity index (χ0v) is 19.4. The fourth-order valence-electron chi connectivity index (χ4n) is 4.40. The number of hydrogen-bond donors (Lipinski definition) is 2. The maximum Gasteiger partial charge on any atom is 0.337 e. The van der Waals surface area contributed by atoms with E-state index in [2.05, 4.69) is 10.3 Å². The van der Waals surface area contributed by atoms with Gasteiger partial charge in [0.25, 0.3) is 5.91 Å². The number of nitrogens with one attached hydrogen (secondary N) is 2. The van der Waals surface area contributed by atoms with Crippen LogP contribution in [0.1, 0.15) is 51.4 Å². The number of ether oxygens (including phenoxy) is 1. The molecule has 7 nitrogen and oxygen atoms in total. The Balaban J connectivity index is 1.58. The van der Waals surface area contributed by atoms with Crippen molar-refractivity contribution in [3.63, 3.8) is 0 Å². The first-order valence-corrected chi connectivity index (χ1v) is 11.2. The highest BCUT2D eigenvalue weighted by atomic mass is 16.5. The van der Waals surface area contributed by atoms with Gasteiger partial charge in [-0.2, -0.15) is 0 Å². The first-order chi connectivity index (χ1) is 15.8. The summed E-state index contributed by atoms with van der Waals surface area (Å²) >= 11 is 0. The minimum Gasteiger partial charge on any atom is -0.465 e. The Bertz CT molecular complexity index is 1230. The van der Waals surface area contributed by atoms with Gasteiger partial charge in [0.1, 0.15) is 6.04 Å². The number of esters is 1. The molecule has 0 spiro atoms. The molecule has 2 N–H and O–H groups in total. The molecule has 4 rings (SSSR count). The maximum atomic E-state index is 13.5. The SMILES string of the molecule is COC(=O)c1ccc2[nH]c3c(c2c1)CN(C(=O)C(NC(=O)c1ccccc1C)C(C)C)CC3. The number of amides is 2. The Labute approximate surface area is 193 Å². The molecular formula is C26H29N3O4. The van der Waals surface area contributed by atoms with Gasteiger partial charge in [0.05, 0.1) is 12.7 Å². The minimum absolute atomic E-state index is 0.0687. The highest BCUT2D eigenvalue weighted by Gasteiger charge is 2.32. The van der Waals surface area contributed by atoms with Gasteiger partial charge in [-0.15, -0.1) is 0 Å². The molecule has 1 aromatic heterocycles. The Morgan fingerprint density at radius 2 is 1.88 bits per heavy atom. The lowest BCUT2D eigenvalue weighted by Crippen LogP contribution is -2.52. The van der Waals surface area contributed by atoms with Crippen LogP contribution in [0.5, 0.6) is 0 Å². The van der Waals surface area contributed by atoms with Crippen LogP contribution in [-0.2, 0) is 22.5 Å². The van der Waals surface area contributed by atoms with E-state index >= 15 is 0 Å². The molecule has 1 unspecified atom stereocenters. The minimum atomic E-state index is -0.630. The number of fused-ring (bicyclic) bond motifs is 3. The number of carbonyl (C=O) groups is 3. The first kappa shape index (κ1) is 22.6. The van der Waals surface area contributed by atoms with E-state index in [9.17, 15) is 14.4 Å². The molecule has 0 saturated carbocycles. The number of aromatic nitrogens is 1. The molecule has 0 fully saturated rings. The molecule has 7 heteroatoms. The third kappa shape index (κ3) is 4.35. The molecule has 3 aromatic rings. The van der Waals surface area contributed by atoms with E-state index in [-0.39, 0.29) is 17.7 Å². The van der Waals surface area contributed by atoms with Crippen LogP contribution in [0.25, 0.3) is 10.9 Å². The number of hydrogen-bond acceptors (Lipinski definition) is 4. The summed E-state index contributed by atoms with van der Waals surface area (Å²) in [7, 11) is 1.36. The summed E-state index contributed by atoms with van der Waals surface area (Å²) in [4.78, 5) is 43.6. The smallest absolute Gasteiger partial charge is 0.337 e. The Kier molecular flexibility index (Phi) is 6.22. The molecule has 0 radical (unpaired) electrons. The molecule has 2 amide bonds. The lowest BCUT2D eigenvalue weighted by molar-refractivity contribution is -0.135. The molecule has 172 valence electrons. The van der Waals surface area contributed by atoms with Crippen LogP contribution in [0.3, 0.4) is 0 Å².